The molecule has 112 valence electrons. The minimum Gasteiger partial charge on any atom is -0.465 e. The highest BCUT2D eigenvalue weighted by molar-refractivity contribution is 5.94. The summed E-state index contributed by atoms with van der Waals surface area (Å²) in [5.74, 6) is -0.549. The number of methoxy groups -OCH3 is 1. The van der Waals surface area contributed by atoms with Gasteiger partial charge in [-0.3, -0.25) is 15.1 Å². The van der Waals surface area contributed by atoms with Gasteiger partial charge in [0.15, 0.2) is 0 Å². The molecule has 0 heterocycles. The first kappa shape index (κ1) is 15.4. The van der Waals surface area contributed by atoms with Crippen molar-refractivity contribution in [1.29, 1.82) is 0 Å². The summed E-state index contributed by atoms with van der Waals surface area (Å²) in [6, 6.07) is 13.6. The van der Waals surface area contributed by atoms with Crippen molar-refractivity contribution in [2.24, 2.45) is 4.99 Å². The predicted octanol–water partition coefficient (Wildman–Crippen LogP) is 3.00. The van der Waals surface area contributed by atoms with Crippen LogP contribution in [-0.2, 0) is 11.3 Å². The zero-order valence-corrected chi connectivity index (χ0v) is 11.9. The third-order valence-electron chi connectivity index (χ3n) is 2.99. The number of ether oxygens (including phenoxy) is 1. The molecule has 0 unspecified atom stereocenters. The van der Waals surface area contributed by atoms with Gasteiger partial charge in [0.1, 0.15) is 0 Å². The SMILES string of the molecule is COC(=O)c1ccc([N+](=O)[O-])c(C=NCc2ccccc2)c1. The maximum Gasteiger partial charge on any atom is 0.337 e. The summed E-state index contributed by atoms with van der Waals surface area (Å²) in [5.41, 5.74) is 1.40. The Kier molecular flexibility index (Phi) is 4.98. The normalized spacial score (nSPS) is 10.6. The zero-order chi connectivity index (χ0) is 15.9. The molecule has 0 aromatic heterocycles. The first-order chi connectivity index (χ1) is 10.6. The lowest BCUT2D eigenvalue weighted by molar-refractivity contribution is -0.385. The lowest BCUT2D eigenvalue weighted by Crippen LogP contribution is -2.03. The van der Waals surface area contributed by atoms with E-state index < -0.39 is 10.9 Å². The molecule has 0 aliphatic carbocycles. The van der Waals surface area contributed by atoms with Crippen molar-refractivity contribution in [1.82, 2.24) is 0 Å². The van der Waals surface area contributed by atoms with Gasteiger partial charge in [0.25, 0.3) is 5.69 Å². The van der Waals surface area contributed by atoms with E-state index in [4.69, 9.17) is 0 Å². The van der Waals surface area contributed by atoms with Crippen molar-refractivity contribution in [2.75, 3.05) is 7.11 Å². The number of carbonyl (C=O) groups excluding carboxylic acids is 1. The third kappa shape index (κ3) is 3.76. The molecule has 2 rings (SSSR count). The Morgan fingerprint density at radius 1 is 1.27 bits per heavy atom. The number of aliphatic imine (C=N–C) groups is 1. The topological polar surface area (TPSA) is 81.8 Å². The summed E-state index contributed by atoms with van der Waals surface area (Å²) >= 11 is 0. The minimum atomic E-state index is -0.549. The number of esters is 1. The summed E-state index contributed by atoms with van der Waals surface area (Å²) in [4.78, 5) is 26.2. The summed E-state index contributed by atoms with van der Waals surface area (Å²) in [6.07, 6.45) is 1.40. The molecule has 0 bridgehead atoms. The van der Waals surface area contributed by atoms with E-state index >= 15 is 0 Å². The Balaban J connectivity index is 2.27. The summed E-state index contributed by atoms with van der Waals surface area (Å²) < 4.78 is 4.61. The number of nitro benzene ring substituents is 1. The average Bonchev–Trinajstić information content (AvgIpc) is 2.54. The summed E-state index contributed by atoms with van der Waals surface area (Å²) in [6.45, 7) is 0.403. The quantitative estimate of drug-likeness (QED) is 0.368. The number of nitrogens with zero attached hydrogens (tertiary/aromatic N) is 2. The molecule has 6 nitrogen and oxygen atoms in total. The second-order valence-electron chi connectivity index (χ2n) is 4.48. The molecule has 0 saturated heterocycles. The fourth-order valence-corrected chi connectivity index (χ4v) is 1.90. The van der Waals surface area contributed by atoms with Gasteiger partial charge in [-0.1, -0.05) is 30.3 Å². The molecule has 0 aliphatic rings. The van der Waals surface area contributed by atoms with Crippen LogP contribution in [0.3, 0.4) is 0 Å². The molecule has 0 aliphatic heterocycles. The fourth-order valence-electron chi connectivity index (χ4n) is 1.90. The Hall–Kier alpha value is -3.02. The van der Waals surface area contributed by atoms with Gasteiger partial charge in [-0.15, -0.1) is 0 Å². The van der Waals surface area contributed by atoms with Crippen LogP contribution in [0, 0.1) is 10.1 Å². The van der Waals surface area contributed by atoms with Crippen LogP contribution in [0.1, 0.15) is 21.5 Å². The molecule has 0 radical (unpaired) electrons. The molecule has 6 heteroatoms. The highest BCUT2D eigenvalue weighted by atomic mass is 16.6. The van der Waals surface area contributed by atoms with Gasteiger partial charge in [0, 0.05) is 12.3 Å². The van der Waals surface area contributed by atoms with Gasteiger partial charge in [0.05, 0.1) is 29.7 Å². The molecule has 2 aromatic carbocycles. The van der Waals surface area contributed by atoms with Crippen LogP contribution in [0.15, 0.2) is 53.5 Å². The molecular formula is C16H14N2O4. The van der Waals surface area contributed by atoms with Gasteiger partial charge < -0.3 is 4.74 Å². The van der Waals surface area contributed by atoms with Gasteiger partial charge >= 0.3 is 5.97 Å². The molecule has 0 saturated carbocycles. The van der Waals surface area contributed by atoms with E-state index in [1.165, 1.54) is 31.5 Å². The second-order valence-corrected chi connectivity index (χ2v) is 4.48. The molecular weight excluding hydrogens is 284 g/mol. The van der Waals surface area contributed by atoms with Crippen LogP contribution in [0.2, 0.25) is 0 Å². The van der Waals surface area contributed by atoms with E-state index in [-0.39, 0.29) is 16.8 Å². The van der Waals surface area contributed by atoms with E-state index in [2.05, 4.69) is 9.73 Å². The maximum atomic E-state index is 11.5. The average molecular weight is 298 g/mol. The van der Waals surface area contributed by atoms with Gasteiger partial charge in [-0.2, -0.15) is 0 Å². The Morgan fingerprint density at radius 3 is 2.64 bits per heavy atom. The molecule has 0 N–H and O–H groups in total. The van der Waals surface area contributed by atoms with Crippen molar-refractivity contribution in [2.45, 2.75) is 6.54 Å². The highest BCUT2D eigenvalue weighted by Crippen LogP contribution is 2.19. The number of carbonyl (C=O) groups is 1. The van der Waals surface area contributed by atoms with Crippen molar-refractivity contribution in [3.63, 3.8) is 0 Å². The molecule has 2 aromatic rings. The number of nitro groups is 1. The second kappa shape index (κ2) is 7.12. The number of benzene rings is 2. The van der Waals surface area contributed by atoms with E-state index in [0.717, 1.165) is 5.56 Å². The number of hydrogen-bond acceptors (Lipinski definition) is 5. The number of hydrogen-bond donors (Lipinski definition) is 0. The van der Waals surface area contributed by atoms with Crippen molar-refractivity contribution in [3.05, 3.63) is 75.3 Å². The first-order valence-electron chi connectivity index (χ1n) is 6.52. The standard InChI is InChI=1S/C16H14N2O4/c1-22-16(19)13-7-8-15(18(20)21)14(9-13)11-17-10-12-5-3-2-4-6-12/h2-9,11H,10H2,1H3. The third-order valence-corrected chi connectivity index (χ3v) is 2.99. The smallest absolute Gasteiger partial charge is 0.337 e. The predicted molar refractivity (Wildman–Crippen MR) is 82.2 cm³/mol. The van der Waals surface area contributed by atoms with Crippen molar-refractivity contribution >= 4 is 17.9 Å². The van der Waals surface area contributed by atoms with Crippen LogP contribution in [-0.4, -0.2) is 24.2 Å². The van der Waals surface area contributed by atoms with Crippen molar-refractivity contribution in [3.8, 4) is 0 Å². The summed E-state index contributed by atoms with van der Waals surface area (Å²) in [7, 11) is 1.26. The number of rotatable bonds is 5. The van der Waals surface area contributed by atoms with E-state index in [1.807, 2.05) is 30.3 Å². The molecule has 0 fully saturated rings. The highest BCUT2D eigenvalue weighted by Gasteiger charge is 2.15. The van der Waals surface area contributed by atoms with Crippen LogP contribution < -0.4 is 0 Å². The van der Waals surface area contributed by atoms with Gasteiger partial charge in [-0.25, -0.2) is 4.79 Å². The lowest BCUT2D eigenvalue weighted by Gasteiger charge is -2.02. The molecule has 0 amide bonds. The van der Waals surface area contributed by atoms with Crippen LogP contribution in [0.25, 0.3) is 0 Å². The Bertz CT molecular complexity index is 711. The minimum absolute atomic E-state index is 0.107. The molecule has 22 heavy (non-hydrogen) atoms. The summed E-state index contributed by atoms with van der Waals surface area (Å²) in [5, 5.41) is 11.0. The van der Waals surface area contributed by atoms with Crippen LogP contribution >= 0.6 is 0 Å². The van der Waals surface area contributed by atoms with Gasteiger partial charge in [-0.05, 0) is 17.7 Å². The van der Waals surface area contributed by atoms with Crippen LogP contribution in [0.4, 0.5) is 5.69 Å². The monoisotopic (exact) mass is 298 g/mol. The first-order valence-corrected chi connectivity index (χ1v) is 6.52. The maximum absolute atomic E-state index is 11.5. The van der Waals surface area contributed by atoms with Crippen molar-refractivity contribution < 1.29 is 14.5 Å². The van der Waals surface area contributed by atoms with E-state index in [9.17, 15) is 14.9 Å². The van der Waals surface area contributed by atoms with Crippen LogP contribution in [0.5, 0.6) is 0 Å². The lowest BCUT2D eigenvalue weighted by atomic mass is 10.1. The molecule has 0 spiro atoms. The zero-order valence-electron chi connectivity index (χ0n) is 11.9. The fraction of sp³-hybridized carbons (Fsp3) is 0.125. The van der Waals surface area contributed by atoms with E-state index in [0.29, 0.717) is 6.54 Å². The largest absolute Gasteiger partial charge is 0.465 e. The Morgan fingerprint density at radius 2 is 2.00 bits per heavy atom. The van der Waals surface area contributed by atoms with E-state index in [1.54, 1.807) is 0 Å². The van der Waals surface area contributed by atoms with Gasteiger partial charge in [0.2, 0.25) is 0 Å². The molecule has 0 atom stereocenters. The Labute approximate surface area is 127 Å².